The normalized spacial score (nSPS) is 33.8. The van der Waals surface area contributed by atoms with Gasteiger partial charge in [-0.2, -0.15) is 5.10 Å². The zero-order chi connectivity index (χ0) is 11.1. The van der Waals surface area contributed by atoms with E-state index in [1.165, 1.54) is 25.0 Å². The van der Waals surface area contributed by atoms with Crippen molar-refractivity contribution in [2.45, 2.75) is 38.8 Å². The smallest absolute Gasteiger partial charge is 0.0662 e. The van der Waals surface area contributed by atoms with Gasteiger partial charge in [-0.3, -0.25) is 16.0 Å². The largest absolute Gasteiger partial charge is 0.271 e. The Bertz CT molecular complexity index is 363. The van der Waals surface area contributed by atoms with Crippen LogP contribution < -0.4 is 11.3 Å². The average Bonchev–Trinajstić information content (AvgIpc) is 2.76. The molecule has 1 aromatic heterocycles. The SMILES string of the molecule is CCn1nccc1C(NN)C1C2CCCC21. The second kappa shape index (κ2) is 3.86. The molecule has 0 spiro atoms. The lowest BCUT2D eigenvalue weighted by molar-refractivity contribution is 0.397. The number of aromatic nitrogens is 2. The van der Waals surface area contributed by atoms with Crippen LogP contribution in [0.5, 0.6) is 0 Å². The summed E-state index contributed by atoms with van der Waals surface area (Å²) in [5.74, 6) is 8.33. The van der Waals surface area contributed by atoms with E-state index < -0.39 is 0 Å². The third-order valence-electron chi connectivity index (χ3n) is 4.40. The Balaban J connectivity index is 1.81. The first-order chi connectivity index (χ1) is 7.86. The number of nitrogens with two attached hydrogens (primary N) is 1. The molecule has 3 atom stereocenters. The number of rotatable bonds is 4. The maximum Gasteiger partial charge on any atom is 0.0662 e. The number of hydrogen-bond acceptors (Lipinski definition) is 3. The van der Waals surface area contributed by atoms with Crippen LogP contribution >= 0.6 is 0 Å². The van der Waals surface area contributed by atoms with Crippen molar-refractivity contribution < 1.29 is 0 Å². The highest BCUT2D eigenvalue weighted by atomic mass is 15.3. The molecule has 0 bridgehead atoms. The minimum atomic E-state index is 0.303. The van der Waals surface area contributed by atoms with Gasteiger partial charge in [-0.25, -0.2) is 0 Å². The fraction of sp³-hybridized carbons (Fsp3) is 0.750. The van der Waals surface area contributed by atoms with Crippen molar-refractivity contribution in [3.8, 4) is 0 Å². The van der Waals surface area contributed by atoms with Gasteiger partial charge in [0.25, 0.3) is 0 Å². The summed E-state index contributed by atoms with van der Waals surface area (Å²) < 4.78 is 2.05. The van der Waals surface area contributed by atoms with Gasteiger partial charge in [0, 0.05) is 12.7 Å². The van der Waals surface area contributed by atoms with E-state index in [0.29, 0.717) is 6.04 Å². The van der Waals surface area contributed by atoms with Gasteiger partial charge < -0.3 is 0 Å². The molecule has 4 heteroatoms. The number of nitrogens with zero attached hydrogens (tertiary/aromatic N) is 2. The number of hydrazine groups is 1. The molecule has 0 saturated heterocycles. The van der Waals surface area contributed by atoms with Crippen LogP contribution in [0.2, 0.25) is 0 Å². The summed E-state index contributed by atoms with van der Waals surface area (Å²) in [5.41, 5.74) is 4.26. The number of hydrogen-bond donors (Lipinski definition) is 2. The van der Waals surface area contributed by atoms with Gasteiger partial charge in [0.05, 0.1) is 11.7 Å². The molecular formula is C12H20N4. The van der Waals surface area contributed by atoms with E-state index in [1.54, 1.807) is 0 Å². The molecular weight excluding hydrogens is 200 g/mol. The van der Waals surface area contributed by atoms with Gasteiger partial charge in [0.15, 0.2) is 0 Å². The molecule has 0 aromatic carbocycles. The molecule has 0 aliphatic heterocycles. The number of aryl methyl sites for hydroxylation is 1. The first kappa shape index (κ1) is 10.3. The average molecular weight is 220 g/mol. The molecule has 1 aromatic rings. The van der Waals surface area contributed by atoms with Crippen molar-refractivity contribution in [2.75, 3.05) is 0 Å². The highest BCUT2D eigenvalue weighted by Crippen LogP contribution is 2.61. The lowest BCUT2D eigenvalue weighted by atomic mass is 10.0. The van der Waals surface area contributed by atoms with E-state index >= 15 is 0 Å². The predicted octanol–water partition coefficient (Wildman–Crippen LogP) is 1.45. The summed E-state index contributed by atoms with van der Waals surface area (Å²) >= 11 is 0. The van der Waals surface area contributed by atoms with Gasteiger partial charge >= 0.3 is 0 Å². The van der Waals surface area contributed by atoms with E-state index in [0.717, 1.165) is 24.3 Å². The third kappa shape index (κ3) is 1.40. The zero-order valence-electron chi connectivity index (χ0n) is 9.76. The molecule has 0 radical (unpaired) electrons. The molecule has 16 heavy (non-hydrogen) atoms. The molecule has 1 heterocycles. The molecule has 2 aliphatic carbocycles. The first-order valence-electron chi connectivity index (χ1n) is 6.34. The quantitative estimate of drug-likeness (QED) is 0.596. The van der Waals surface area contributed by atoms with Crippen molar-refractivity contribution >= 4 is 0 Å². The summed E-state index contributed by atoms with van der Waals surface area (Å²) in [6.07, 6.45) is 6.08. The maximum absolute atomic E-state index is 5.74. The molecule has 2 saturated carbocycles. The van der Waals surface area contributed by atoms with Crippen molar-refractivity contribution in [2.24, 2.45) is 23.6 Å². The van der Waals surface area contributed by atoms with Crippen LogP contribution in [0.4, 0.5) is 0 Å². The van der Waals surface area contributed by atoms with E-state index in [9.17, 15) is 0 Å². The van der Waals surface area contributed by atoms with Crippen molar-refractivity contribution in [3.05, 3.63) is 18.0 Å². The van der Waals surface area contributed by atoms with Crippen LogP contribution in [-0.2, 0) is 6.54 Å². The monoisotopic (exact) mass is 220 g/mol. The third-order valence-corrected chi connectivity index (χ3v) is 4.40. The number of fused-ring (bicyclic) bond motifs is 1. The van der Waals surface area contributed by atoms with E-state index in [4.69, 9.17) is 5.84 Å². The lowest BCUT2D eigenvalue weighted by Crippen LogP contribution is -2.32. The molecule has 2 aliphatic rings. The highest BCUT2D eigenvalue weighted by Gasteiger charge is 2.56. The molecule has 3 N–H and O–H groups in total. The van der Waals surface area contributed by atoms with E-state index in [2.05, 4.69) is 28.2 Å². The van der Waals surface area contributed by atoms with Crippen LogP contribution in [0.3, 0.4) is 0 Å². The summed E-state index contributed by atoms with van der Waals surface area (Å²) in [6.45, 7) is 3.04. The molecule has 4 nitrogen and oxygen atoms in total. The summed E-state index contributed by atoms with van der Waals surface area (Å²) in [7, 11) is 0. The topological polar surface area (TPSA) is 55.9 Å². The van der Waals surface area contributed by atoms with Crippen LogP contribution in [0, 0.1) is 17.8 Å². The Labute approximate surface area is 96.2 Å². The standard InChI is InChI=1S/C12H20N4/c1-2-16-10(6-7-14-16)12(15-13)11-8-4-3-5-9(8)11/h6-9,11-12,15H,2-5,13H2,1H3. The first-order valence-corrected chi connectivity index (χ1v) is 6.34. The second-order valence-corrected chi connectivity index (χ2v) is 5.05. The highest BCUT2D eigenvalue weighted by molar-refractivity contribution is 5.16. The van der Waals surface area contributed by atoms with Crippen LogP contribution in [-0.4, -0.2) is 9.78 Å². The Hall–Kier alpha value is -0.870. The molecule has 3 unspecified atom stereocenters. The van der Waals surface area contributed by atoms with Gasteiger partial charge in [0.2, 0.25) is 0 Å². The molecule has 2 fully saturated rings. The number of nitrogens with one attached hydrogen (secondary N) is 1. The van der Waals surface area contributed by atoms with Gasteiger partial charge in [-0.05, 0) is 43.6 Å². The van der Waals surface area contributed by atoms with Crippen LogP contribution in [0.1, 0.15) is 37.9 Å². The summed E-state index contributed by atoms with van der Waals surface area (Å²) in [6, 6.07) is 2.40. The Kier molecular flexibility index (Phi) is 2.48. The lowest BCUT2D eigenvalue weighted by Gasteiger charge is -2.19. The van der Waals surface area contributed by atoms with E-state index in [-0.39, 0.29) is 0 Å². The van der Waals surface area contributed by atoms with E-state index in [1.807, 2.05) is 6.20 Å². The van der Waals surface area contributed by atoms with Gasteiger partial charge in [0.1, 0.15) is 0 Å². The van der Waals surface area contributed by atoms with Crippen molar-refractivity contribution in [1.29, 1.82) is 0 Å². The summed E-state index contributed by atoms with van der Waals surface area (Å²) in [4.78, 5) is 0. The zero-order valence-corrected chi connectivity index (χ0v) is 9.76. The van der Waals surface area contributed by atoms with Crippen LogP contribution in [0.25, 0.3) is 0 Å². The Morgan fingerprint density at radius 3 is 2.94 bits per heavy atom. The maximum atomic E-state index is 5.74. The van der Waals surface area contributed by atoms with Crippen LogP contribution in [0.15, 0.2) is 12.3 Å². The fourth-order valence-electron chi connectivity index (χ4n) is 3.64. The molecule has 0 amide bonds. The Morgan fingerprint density at radius 1 is 1.56 bits per heavy atom. The predicted molar refractivity (Wildman–Crippen MR) is 62.3 cm³/mol. The van der Waals surface area contributed by atoms with Gasteiger partial charge in [-0.15, -0.1) is 0 Å². The fourth-order valence-corrected chi connectivity index (χ4v) is 3.64. The Morgan fingerprint density at radius 2 is 2.31 bits per heavy atom. The summed E-state index contributed by atoms with van der Waals surface area (Å²) in [5, 5.41) is 4.33. The second-order valence-electron chi connectivity index (χ2n) is 5.05. The molecule has 3 rings (SSSR count). The van der Waals surface area contributed by atoms with Crippen molar-refractivity contribution in [1.82, 2.24) is 15.2 Å². The van der Waals surface area contributed by atoms with Gasteiger partial charge in [-0.1, -0.05) is 6.42 Å². The minimum Gasteiger partial charge on any atom is -0.271 e. The molecule has 88 valence electrons. The minimum absolute atomic E-state index is 0.303. The van der Waals surface area contributed by atoms with Crippen molar-refractivity contribution in [3.63, 3.8) is 0 Å².